The lowest BCUT2D eigenvalue weighted by Gasteiger charge is -2.28. The van der Waals surface area contributed by atoms with Crippen molar-refractivity contribution < 1.29 is 9.59 Å². The molecule has 0 aromatic heterocycles. The number of alkyl halides is 1. The van der Waals surface area contributed by atoms with Gasteiger partial charge in [-0.1, -0.05) is 72.8 Å². The van der Waals surface area contributed by atoms with E-state index in [1.54, 1.807) is 24.3 Å². The van der Waals surface area contributed by atoms with Crippen LogP contribution in [-0.4, -0.2) is 30.5 Å². The Kier molecular flexibility index (Phi) is 5.32. The minimum atomic E-state index is -0.639. The maximum Gasteiger partial charge on any atom is 0.194 e. The molecule has 144 valence electrons. The van der Waals surface area contributed by atoms with Gasteiger partial charge in [-0.15, -0.1) is 11.6 Å². The van der Waals surface area contributed by atoms with E-state index in [2.05, 4.69) is 0 Å². The number of carbonyl (C=O) groups is 2. The third-order valence-electron chi connectivity index (χ3n) is 5.16. The number of rotatable bonds is 5. The van der Waals surface area contributed by atoms with Crippen molar-refractivity contribution in [3.8, 4) is 0 Å². The number of allylic oxidation sites excluding steroid dienone is 1. The van der Waals surface area contributed by atoms with Crippen molar-refractivity contribution in [1.82, 2.24) is 0 Å². The Balaban J connectivity index is 1.80. The van der Waals surface area contributed by atoms with Gasteiger partial charge < -0.3 is 4.90 Å². The third kappa shape index (κ3) is 3.62. The molecule has 4 heteroatoms. The van der Waals surface area contributed by atoms with Crippen molar-refractivity contribution in [1.29, 1.82) is 0 Å². The van der Waals surface area contributed by atoms with Crippen LogP contribution in [-0.2, 0) is 0 Å². The van der Waals surface area contributed by atoms with Crippen molar-refractivity contribution in [3.63, 3.8) is 0 Å². The topological polar surface area (TPSA) is 37.4 Å². The predicted molar refractivity (Wildman–Crippen MR) is 118 cm³/mol. The second-order valence-electron chi connectivity index (χ2n) is 7.04. The quantitative estimate of drug-likeness (QED) is 0.547. The van der Waals surface area contributed by atoms with Gasteiger partial charge in [-0.2, -0.15) is 0 Å². The van der Waals surface area contributed by atoms with Gasteiger partial charge in [0.25, 0.3) is 0 Å². The highest BCUT2D eigenvalue weighted by Crippen LogP contribution is 2.36. The second-order valence-corrected chi connectivity index (χ2v) is 7.57. The van der Waals surface area contributed by atoms with Gasteiger partial charge in [0.2, 0.25) is 0 Å². The molecule has 0 heterocycles. The number of benzene rings is 3. The maximum atomic E-state index is 13.4. The van der Waals surface area contributed by atoms with E-state index < -0.39 is 5.38 Å². The molecule has 0 fully saturated rings. The zero-order valence-electron chi connectivity index (χ0n) is 16.0. The van der Waals surface area contributed by atoms with Gasteiger partial charge in [-0.05, 0) is 17.7 Å². The number of hydrogen-bond acceptors (Lipinski definition) is 3. The standard InChI is InChI=1S/C25H20ClNO2/c1-27(18-12-6-3-7-13-18)16-21(26)23-22(17-10-4-2-5-11-17)24(28)19-14-8-9-15-20(19)25(23)29/h2-15,21H,16H2,1H3. The van der Waals surface area contributed by atoms with E-state index in [1.165, 1.54) is 0 Å². The summed E-state index contributed by atoms with van der Waals surface area (Å²) >= 11 is 6.80. The third-order valence-corrected chi connectivity index (χ3v) is 5.52. The van der Waals surface area contributed by atoms with Gasteiger partial charge >= 0.3 is 0 Å². The largest absolute Gasteiger partial charge is 0.373 e. The van der Waals surface area contributed by atoms with E-state index in [0.29, 0.717) is 34.4 Å². The van der Waals surface area contributed by atoms with Crippen molar-refractivity contribution in [2.75, 3.05) is 18.5 Å². The predicted octanol–water partition coefficient (Wildman–Crippen LogP) is 5.26. The van der Waals surface area contributed by atoms with Crippen LogP contribution in [0, 0.1) is 0 Å². The molecular weight excluding hydrogens is 382 g/mol. The first-order chi connectivity index (χ1) is 14.1. The molecular formula is C25H20ClNO2. The lowest BCUT2D eigenvalue weighted by atomic mass is 9.80. The smallest absolute Gasteiger partial charge is 0.194 e. The van der Waals surface area contributed by atoms with Gasteiger partial charge in [0.15, 0.2) is 11.6 Å². The lowest BCUT2D eigenvalue weighted by Crippen LogP contribution is -2.33. The zero-order valence-corrected chi connectivity index (χ0v) is 16.8. The summed E-state index contributed by atoms with van der Waals surface area (Å²) in [5.74, 6) is -0.338. The highest BCUT2D eigenvalue weighted by Gasteiger charge is 2.36. The first-order valence-corrected chi connectivity index (χ1v) is 9.90. The molecule has 0 radical (unpaired) electrons. The molecule has 0 amide bonds. The molecule has 0 spiro atoms. The van der Waals surface area contributed by atoms with Crippen molar-refractivity contribution in [3.05, 3.63) is 107 Å². The molecule has 1 unspecified atom stereocenters. The minimum Gasteiger partial charge on any atom is -0.373 e. The van der Waals surface area contributed by atoms with Crippen molar-refractivity contribution in [2.24, 2.45) is 0 Å². The van der Waals surface area contributed by atoms with Gasteiger partial charge in [0.1, 0.15) is 0 Å². The summed E-state index contributed by atoms with van der Waals surface area (Å²) < 4.78 is 0. The Labute approximate surface area is 175 Å². The van der Waals surface area contributed by atoms with E-state index in [1.807, 2.05) is 72.6 Å². The molecule has 1 atom stereocenters. The molecule has 3 aromatic rings. The molecule has 4 rings (SSSR count). The Hall–Kier alpha value is -3.17. The zero-order chi connectivity index (χ0) is 20.4. The fraction of sp³-hybridized carbons (Fsp3) is 0.120. The summed E-state index contributed by atoms with van der Waals surface area (Å²) in [6, 6.07) is 26.1. The molecule has 0 bridgehead atoms. The molecule has 0 saturated heterocycles. The van der Waals surface area contributed by atoms with E-state index in [4.69, 9.17) is 11.6 Å². The molecule has 3 nitrogen and oxygen atoms in total. The van der Waals surface area contributed by atoms with Crippen LogP contribution in [0.1, 0.15) is 26.3 Å². The normalized spacial score (nSPS) is 14.6. The SMILES string of the molecule is CN(CC(Cl)C1=C(c2ccccc2)C(=O)c2ccccc2C1=O)c1ccccc1. The van der Waals surface area contributed by atoms with Crippen molar-refractivity contribution in [2.45, 2.75) is 5.38 Å². The van der Waals surface area contributed by atoms with Gasteiger partial charge in [-0.3, -0.25) is 9.59 Å². The van der Waals surface area contributed by atoms with E-state index in [9.17, 15) is 9.59 Å². The number of hydrogen-bond donors (Lipinski definition) is 0. The number of halogens is 1. The van der Waals surface area contributed by atoms with Gasteiger partial charge in [-0.25, -0.2) is 0 Å². The number of fused-ring (bicyclic) bond motifs is 1. The van der Waals surface area contributed by atoms with Gasteiger partial charge in [0.05, 0.1) is 5.38 Å². The number of Topliss-reactive ketones (excluding diaryl/α,β-unsaturated/α-hetero) is 2. The van der Waals surface area contributed by atoms with E-state index >= 15 is 0 Å². The van der Waals surface area contributed by atoms with Crippen molar-refractivity contribution >= 4 is 34.4 Å². The van der Waals surface area contributed by atoms with Crippen LogP contribution >= 0.6 is 11.6 Å². The number of carbonyl (C=O) groups excluding carboxylic acids is 2. The summed E-state index contributed by atoms with van der Waals surface area (Å²) in [6.07, 6.45) is 0. The summed E-state index contributed by atoms with van der Waals surface area (Å²) in [7, 11) is 1.93. The Morgan fingerprint density at radius 2 is 1.28 bits per heavy atom. The van der Waals surface area contributed by atoms with Crippen LogP contribution in [0.4, 0.5) is 5.69 Å². The Bertz CT molecular complexity index is 1090. The average molecular weight is 402 g/mol. The van der Waals surface area contributed by atoms with Crippen LogP contribution in [0.5, 0.6) is 0 Å². The van der Waals surface area contributed by atoms with Crippen LogP contribution < -0.4 is 4.90 Å². The lowest BCUT2D eigenvalue weighted by molar-refractivity contribution is 0.0989. The fourth-order valence-corrected chi connectivity index (χ4v) is 4.12. The Morgan fingerprint density at radius 1 is 0.759 bits per heavy atom. The van der Waals surface area contributed by atoms with Crippen LogP contribution in [0.3, 0.4) is 0 Å². The Morgan fingerprint density at radius 3 is 1.90 bits per heavy atom. The second kappa shape index (κ2) is 8.06. The van der Waals surface area contributed by atoms with E-state index in [-0.39, 0.29) is 11.6 Å². The molecule has 3 aromatic carbocycles. The summed E-state index contributed by atoms with van der Waals surface area (Å²) in [6.45, 7) is 0.401. The molecule has 1 aliphatic carbocycles. The van der Waals surface area contributed by atoms with Crippen LogP contribution in [0.25, 0.3) is 5.57 Å². The fourth-order valence-electron chi connectivity index (χ4n) is 3.70. The number of para-hydroxylation sites is 1. The molecule has 0 saturated carbocycles. The molecule has 29 heavy (non-hydrogen) atoms. The average Bonchev–Trinajstić information content (AvgIpc) is 2.77. The van der Waals surface area contributed by atoms with Crippen LogP contribution in [0.15, 0.2) is 90.5 Å². The highest BCUT2D eigenvalue weighted by atomic mass is 35.5. The summed E-state index contributed by atoms with van der Waals surface area (Å²) in [4.78, 5) is 28.7. The summed E-state index contributed by atoms with van der Waals surface area (Å²) in [5.41, 5.74) is 3.32. The van der Waals surface area contributed by atoms with Crippen LogP contribution in [0.2, 0.25) is 0 Å². The highest BCUT2D eigenvalue weighted by molar-refractivity contribution is 6.43. The minimum absolute atomic E-state index is 0.158. The molecule has 0 N–H and O–H groups in total. The number of ketones is 2. The molecule has 0 aliphatic heterocycles. The molecule has 1 aliphatic rings. The monoisotopic (exact) mass is 401 g/mol. The van der Waals surface area contributed by atoms with Gasteiger partial charge in [0, 0.05) is 41.6 Å². The number of anilines is 1. The first kappa shape index (κ1) is 19.2. The van der Waals surface area contributed by atoms with E-state index in [0.717, 1.165) is 5.69 Å². The first-order valence-electron chi connectivity index (χ1n) is 9.46. The maximum absolute atomic E-state index is 13.4. The summed E-state index contributed by atoms with van der Waals surface area (Å²) in [5, 5.41) is -0.639. The number of nitrogens with zero attached hydrogens (tertiary/aromatic N) is 1.